The first-order chi connectivity index (χ1) is 12.0. The van der Waals surface area contributed by atoms with Crippen molar-refractivity contribution in [1.29, 1.82) is 0 Å². The summed E-state index contributed by atoms with van der Waals surface area (Å²) in [7, 11) is 1.37. The quantitative estimate of drug-likeness (QED) is 0.618. The van der Waals surface area contributed by atoms with Crippen molar-refractivity contribution in [1.82, 2.24) is 0 Å². The molecule has 0 radical (unpaired) electrons. The van der Waals surface area contributed by atoms with Gasteiger partial charge in [-0.25, -0.2) is 9.69 Å². The van der Waals surface area contributed by atoms with Gasteiger partial charge in [0.05, 0.1) is 35.6 Å². The molecule has 1 aliphatic rings. The Hall–Kier alpha value is -2.86. The summed E-state index contributed by atoms with van der Waals surface area (Å²) >= 11 is 6.25. The van der Waals surface area contributed by atoms with Gasteiger partial charge in [-0.3, -0.25) is 9.59 Å². The second-order valence-corrected chi connectivity index (χ2v) is 5.62. The molecule has 2 aromatic carbocycles. The molecule has 0 fully saturated rings. The number of rotatable bonds is 4. The third-order valence-corrected chi connectivity index (χ3v) is 4.10. The molecule has 0 N–H and O–H groups in total. The van der Waals surface area contributed by atoms with E-state index in [1.165, 1.54) is 19.2 Å². The molecule has 0 saturated heterocycles. The van der Waals surface area contributed by atoms with E-state index in [1.54, 1.807) is 31.2 Å². The van der Waals surface area contributed by atoms with Gasteiger partial charge in [-0.2, -0.15) is 0 Å². The Bertz CT molecular complexity index is 858. The van der Waals surface area contributed by atoms with E-state index in [0.717, 1.165) is 4.90 Å². The number of fused-ring (bicyclic) bond motifs is 1. The molecule has 1 heterocycles. The molecule has 7 heteroatoms. The standard InChI is InChI=1S/C18H14ClNO5/c1-3-25-18(23)12-8-13(19)14(9-15(12)24-2)20-16(21)10-6-4-5-7-11(10)17(20)22/h4-9H,3H2,1-2H3. The lowest BCUT2D eigenvalue weighted by Gasteiger charge is -2.18. The van der Waals surface area contributed by atoms with E-state index < -0.39 is 17.8 Å². The van der Waals surface area contributed by atoms with E-state index in [1.807, 2.05) is 0 Å². The van der Waals surface area contributed by atoms with Crippen LogP contribution in [0.4, 0.5) is 5.69 Å². The zero-order chi connectivity index (χ0) is 18.1. The Labute approximate surface area is 148 Å². The highest BCUT2D eigenvalue weighted by molar-refractivity contribution is 6.40. The van der Waals surface area contributed by atoms with E-state index in [9.17, 15) is 14.4 Å². The first-order valence-electron chi connectivity index (χ1n) is 7.52. The number of methoxy groups -OCH3 is 1. The molecule has 0 bridgehead atoms. The lowest BCUT2D eigenvalue weighted by atomic mass is 10.1. The SMILES string of the molecule is CCOC(=O)c1cc(Cl)c(N2C(=O)c3ccccc3C2=O)cc1OC. The van der Waals surface area contributed by atoms with Crippen LogP contribution >= 0.6 is 11.6 Å². The summed E-state index contributed by atoms with van der Waals surface area (Å²) in [6, 6.07) is 9.23. The molecule has 0 aliphatic carbocycles. The number of ether oxygens (including phenoxy) is 2. The third-order valence-electron chi connectivity index (χ3n) is 3.80. The first kappa shape index (κ1) is 17.0. The Balaban J connectivity index is 2.09. The average molecular weight is 360 g/mol. The molecule has 128 valence electrons. The molecule has 25 heavy (non-hydrogen) atoms. The fourth-order valence-corrected chi connectivity index (χ4v) is 2.91. The maximum atomic E-state index is 12.6. The number of nitrogens with zero attached hydrogens (tertiary/aromatic N) is 1. The minimum Gasteiger partial charge on any atom is -0.496 e. The van der Waals surface area contributed by atoms with Gasteiger partial charge in [-0.15, -0.1) is 0 Å². The molecule has 0 saturated carbocycles. The highest BCUT2D eigenvalue weighted by Crippen LogP contribution is 2.37. The Kier molecular flexibility index (Phi) is 4.46. The van der Waals surface area contributed by atoms with Gasteiger partial charge in [0.15, 0.2) is 0 Å². The first-order valence-corrected chi connectivity index (χ1v) is 7.89. The van der Waals surface area contributed by atoms with Crippen molar-refractivity contribution in [3.63, 3.8) is 0 Å². The van der Waals surface area contributed by atoms with Crippen LogP contribution < -0.4 is 9.64 Å². The molecule has 6 nitrogen and oxygen atoms in total. The molecule has 1 aliphatic heterocycles. The van der Waals surface area contributed by atoms with Crippen molar-refractivity contribution in [2.24, 2.45) is 0 Å². The average Bonchev–Trinajstić information content (AvgIpc) is 2.86. The van der Waals surface area contributed by atoms with E-state index >= 15 is 0 Å². The number of carbonyl (C=O) groups is 3. The lowest BCUT2D eigenvalue weighted by Crippen LogP contribution is -2.29. The topological polar surface area (TPSA) is 72.9 Å². The predicted molar refractivity (Wildman–Crippen MR) is 91.5 cm³/mol. The van der Waals surface area contributed by atoms with Crippen molar-refractivity contribution in [2.45, 2.75) is 6.92 Å². The fraction of sp³-hybridized carbons (Fsp3) is 0.167. The van der Waals surface area contributed by atoms with Gasteiger partial charge in [0, 0.05) is 6.07 Å². The Morgan fingerprint density at radius 3 is 2.24 bits per heavy atom. The summed E-state index contributed by atoms with van der Waals surface area (Å²) in [5, 5.41) is 0.0679. The van der Waals surface area contributed by atoms with Gasteiger partial charge >= 0.3 is 5.97 Å². The van der Waals surface area contributed by atoms with Crippen molar-refractivity contribution in [2.75, 3.05) is 18.6 Å². The summed E-state index contributed by atoms with van der Waals surface area (Å²) in [6.45, 7) is 1.87. The van der Waals surface area contributed by atoms with E-state index in [0.29, 0.717) is 11.1 Å². The van der Waals surface area contributed by atoms with Crippen LogP contribution in [0.5, 0.6) is 5.75 Å². The number of halogens is 1. The number of hydrogen-bond donors (Lipinski definition) is 0. The normalized spacial score (nSPS) is 13.0. The summed E-state index contributed by atoms with van der Waals surface area (Å²) < 4.78 is 10.2. The van der Waals surface area contributed by atoms with Crippen LogP contribution in [0.1, 0.15) is 38.0 Å². The second kappa shape index (κ2) is 6.57. The van der Waals surface area contributed by atoms with Gasteiger partial charge in [0.1, 0.15) is 11.3 Å². The summed E-state index contributed by atoms with van der Waals surface area (Å²) in [5.74, 6) is -1.40. The maximum absolute atomic E-state index is 12.6. The van der Waals surface area contributed by atoms with Gasteiger partial charge in [-0.1, -0.05) is 23.7 Å². The van der Waals surface area contributed by atoms with Crippen molar-refractivity contribution in [3.05, 3.63) is 58.1 Å². The molecule has 0 aromatic heterocycles. The molecule has 3 rings (SSSR count). The van der Waals surface area contributed by atoms with Crippen LogP contribution in [0, 0.1) is 0 Å². The van der Waals surface area contributed by atoms with Gasteiger partial charge in [0.25, 0.3) is 11.8 Å². The minimum atomic E-state index is -0.602. The van der Waals surface area contributed by atoms with Crippen LogP contribution in [0.15, 0.2) is 36.4 Å². The fourth-order valence-electron chi connectivity index (χ4n) is 2.66. The van der Waals surface area contributed by atoms with E-state index in [2.05, 4.69) is 0 Å². The number of anilines is 1. The number of imide groups is 1. The van der Waals surface area contributed by atoms with Crippen molar-refractivity contribution in [3.8, 4) is 5.75 Å². The number of esters is 1. The molecular formula is C18H14ClNO5. The summed E-state index contributed by atoms with van der Waals surface area (Å²) in [6.07, 6.45) is 0. The third kappa shape index (κ3) is 2.74. The van der Waals surface area contributed by atoms with Crippen LogP contribution in [-0.4, -0.2) is 31.5 Å². The van der Waals surface area contributed by atoms with Crippen LogP contribution in [-0.2, 0) is 4.74 Å². The lowest BCUT2D eigenvalue weighted by molar-refractivity contribution is 0.0522. The molecule has 2 amide bonds. The van der Waals surface area contributed by atoms with Gasteiger partial charge < -0.3 is 9.47 Å². The summed E-state index contributed by atoms with van der Waals surface area (Å²) in [5.41, 5.74) is 0.876. The molecule has 2 aromatic rings. The Morgan fingerprint density at radius 2 is 1.72 bits per heavy atom. The van der Waals surface area contributed by atoms with E-state index in [-0.39, 0.29) is 28.6 Å². The van der Waals surface area contributed by atoms with E-state index in [4.69, 9.17) is 21.1 Å². The smallest absolute Gasteiger partial charge is 0.341 e. The van der Waals surface area contributed by atoms with Gasteiger partial charge in [0.2, 0.25) is 0 Å². The largest absolute Gasteiger partial charge is 0.496 e. The number of carbonyl (C=O) groups excluding carboxylic acids is 3. The molecule has 0 spiro atoms. The summed E-state index contributed by atoms with van der Waals surface area (Å²) in [4.78, 5) is 38.2. The number of benzene rings is 2. The Morgan fingerprint density at radius 1 is 1.12 bits per heavy atom. The van der Waals surface area contributed by atoms with Crippen LogP contribution in [0.3, 0.4) is 0 Å². The molecule has 0 unspecified atom stereocenters. The second-order valence-electron chi connectivity index (χ2n) is 5.22. The highest BCUT2D eigenvalue weighted by Gasteiger charge is 2.38. The maximum Gasteiger partial charge on any atom is 0.341 e. The molecule has 0 atom stereocenters. The van der Waals surface area contributed by atoms with Gasteiger partial charge in [-0.05, 0) is 25.1 Å². The van der Waals surface area contributed by atoms with Crippen molar-refractivity contribution >= 4 is 35.1 Å². The molecular weight excluding hydrogens is 346 g/mol. The number of amides is 2. The van der Waals surface area contributed by atoms with Crippen LogP contribution in [0.25, 0.3) is 0 Å². The zero-order valence-corrected chi connectivity index (χ0v) is 14.3. The predicted octanol–water partition coefficient (Wildman–Crippen LogP) is 3.33. The van der Waals surface area contributed by atoms with Crippen LogP contribution in [0.2, 0.25) is 5.02 Å². The minimum absolute atomic E-state index is 0.0679. The highest BCUT2D eigenvalue weighted by atomic mass is 35.5. The zero-order valence-electron chi connectivity index (χ0n) is 13.5. The van der Waals surface area contributed by atoms with Crippen molar-refractivity contribution < 1.29 is 23.9 Å². The monoisotopic (exact) mass is 359 g/mol. The number of hydrogen-bond acceptors (Lipinski definition) is 5.